The first-order chi connectivity index (χ1) is 13.7. The smallest absolute Gasteiger partial charge is 0.243 e. The van der Waals surface area contributed by atoms with E-state index >= 15 is 0 Å². The molecule has 28 heavy (non-hydrogen) atoms. The molecule has 0 aromatic heterocycles. The summed E-state index contributed by atoms with van der Waals surface area (Å²) in [6.45, 7) is 4.24. The first-order valence-electron chi connectivity index (χ1n) is 8.93. The second kappa shape index (κ2) is 9.83. The molecule has 3 aromatic rings. The van der Waals surface area contributed by atoms with Gasteiger partial charge in [-0.3, -0.25) is 4.79 Å². The summed E-state index contributed by atoms with van der Waals surface area (Å²) in [6.07, 6.45) is 1.69. The molecule has 1 amide bonds. The van der Waals surface area contributed by atoms with E-state index in [0.717, 1.165) is 17.2 Å². The largest absolute Gasteiger partial charge is 0.490 e. The number of anilines is 2. The normalized spacial score (nSPS) is 10.0. The summed E-state index contributed by atoms with van der Waals surface area (Å²) in [6, 6.07) is 24.2. The zero-order chi connectivity index (χ0) is 19.6. The van der Waals surface area contributed by atoms with E-state index in [1.54, 1.807) is 6.08 Å². The standard InChI is InChI=1S/C23H22N2O3/c1-2-16-27-20-12-8-18(9-13-20)24-17-23(26)25-19-10-14-22(15-11-19)28-21-6-4-3-5-7-21/h2-15,24H,1,16-17H2,(H,25,26). The van der Waals surface area contributed by atoms with Crippen LogP contribution in [0.25, 0.3) is 0 Å². The third kappa shape index (κ3) is 5.92. The highest BCUT2D eigenvalue weighted by molar-refractivity contribution is 5.93. The van der Waals surface area contributed by atoms with Crippen molar-refractivity contribution in [1.29, 1.82) is 0 Å². The van der Waals surface area contributed by atoms with Gasteiger partial charge >= 0.3 is 0 Å². The lowest BCUT2D eigenvalue weighted by molar-refractivity contribution is -0.114. The second-order valence-corrected chi connectivity index (χ2v) is 5.97. The zero-order valence-electron chi connectivity index (χ0n) is 15.4. The summed E-state index contributed by atoms with van der Waals surface area (Å²) < 4.78 is 11.2. The van der Waals surface area contributed by atoms with Crippen LogP contribution in [0.5, 0.6) is 17.2 Å². The van der Waals surface area contributed by atoms with E-state index in [0.29, 0.717) is 18.0 Å². The molecular formula is C23H22N2O3. The Morgan fingerprint density at radius 1 is 0.821 bits per heavy atom. The van der Waals surface area contributed by atoms with Crippen molar-refractivity contribution in [3.05, 3.63) is 91.5 Å². The molecular weight excluding hydrogens is 352 g/mol. The van der Waals surface area contributed by atoms with Crippen LogP contribution in [-0.4, -0.2) is 19.1 Å². The lowest BCUT2D eigenvalue weighted by atomic mass is 10.3. The topological polar surface area (TPSA) is 59.6 Å². The van der Waals surface area contributed by atoms with Crippen molar-refractivity contribution in [2.75, 3.05) is 23.8 Å². The summed E-state index contributed by atoms with van der Waals surface area (Å²) in [5, 5.41) is 5.93. The summed E-state index contributed by atoms with van der Waals surface area (Å²) in [5.74, 6) is 2.10. The van der Waals surface area contributed by atoms with Crippen molar-refractivity contribution >= 4 is 17.3 Å². The molecule has 3 rings (SSSR count). The molecule has 0 saturated carbocycles. The molecule has 0 atom stereocenters. The molecule has 0 aliphatic carbocycles. The molecule has 0 bridgehead atoms. The van der Waals surface area contributed by atoms with Crippen LogP contribution in [0, 0.1) is 0 Å². The van der Waals surface area contributed by atoms with Crippen LogP contribution >= 0.6 is 0 Å². The molecule has 0 unspecified atom stereocenters. The van der Waals surface area contributed by atoms with Gasteiger partial charge < -0.3 is 20.1 Å². The number of hydrogen-bond donors (Lipinski definition) is 2. The van der Waals surface area contributed by atoms with Gasteiger partial charge in [-0.05, 0) is 60.7 Å². The van der Waals surface area contributed by atoms with Crippen LogP contribution in [-0.2, 0) is 4.79 Å². The van der Waals surface area contributed by atoms with Crippen LogP contribution in [0.2, 0.25) is 0 Å². The third-order valence-corrected chi connectivity index (χ3v) is 3.79. The predicted molar refractivity (Wildman–Crippen MR) is 112 cm³/mol. The Bertz CT molecular complexity index is 891. The van der Waals surface area contributed by atoms with Gasteiger partial charge in [-0.15, -0.1) is 0 Å². The Labute approximate surface area is 164 Å². The van der Waals surface area contributed by atoms with E-state index in [4.69, 9.17) is 9.47 Å². The van der Waals surface area contributed by atoms with Gasteiger partial charge in [-0.1, -0.05) is 30.9 Å². The lowest BCUT2D eigenvalue weighted by Crippen LogP contribution is -2.21. The molecule has 0 aliphatic heterocycles. The van der Waals surface area contributed by atoms with E-state index in [1.165, 1.54) is 0 Å². The third-order valence-electron chi connectivity index (χ3n) is 3.79. The zero-order valence-corrected chi connectivity index (χ0v) is 15.4. The van der Waals surface area contributed by atoms with Gasteiger partial charge in [0.05, 0.1) is 6.54 Å². The Balaban J connectivity index is 1.46. The first-order valence-corrected chi connectivity index (χ1v) is 8.93. The van der Waals surface area contributed by atoms with Gasteiger partial charge in [0.25, 0.3) is 0 Å². The number of rotatable bonds is 9. The minimum absolute atomic E-state index is 0.135. The molecule has 0 radical (unpaired) electrons. The number of benzene rings is 3. The number of carbonyl (C=O) groups is 1. The van der Waals surface area contributed by atoms with Crippen molar-refractivity contribution in [3.63, 3.8) is 0 Å². The van der Waals surface area contributed by atoms with E-state index in [-0.39, 0.29) is 12.5 Å². The maximum atomic E-state index is 12.1. The SMILES string of the molecule is C=CCOc1ccc(NCC(=O)Nc2ccc(Oc3ccccc3)cc2)cc1. The van der Waals surface area contributed by atoms with Crippen molar-refractivity contribution in [2.45, 2.75) is 0 Å². The minimum Gasteiger partial charge on any atom is -0.490 e. The molecule has 5 nitrogen and oxygen atoms in total. The second-order valence-electron chi connectivity index (χ2n) is 5.97. The molecule has 2 N–H and O–H groups in total. The van der Waals surface area contributed by atoms with E-state index in [2.05, 4.69) is 17.2 Å². The molecule has 0 heterocycles. The number of carbonyl (C=O) groups excluding carboxylic acids is 1. The first kappa shape index (κ1) is 19.0. The van der Waals surface area contributed by atoms with E-state index in [1.807, 2.05) is 78.9 Å². The number of nitrogens with one attached hydrogen (secondary N) is 2. The molecule has 5 heteroatoms. The van der Waals surface area contributed by atoms with Gasteiger partial charge in [0.15, 0.2) is 0 Å². The molecule has 3 aromatic carbocycles. The van der Waals surface area contributed by atoms with Crippen LogP contribution in [0.1, 0.15) is 0 Å². The molecule has 0 spiro atoms. The fourth-order valence-corrected chi connectivity index (χ4v) is 2.44. The van der Waals surface area contributed by atoms with Crippen LogP contribution < -0.4 is 20.1 Å². The summed E-state index contributed by atoms with van der Waals surface area (Å²) >= 11 is 0. The van der Waals surface area contributed by atoms with Gasteiger partial charge in [-0.2, -0.15) is 0 Å². The monoisotopic (exact) mass is 374 g/mol. The molecule has 142 valence electrons. The fraction of sp³-hybridized carbons (Fsp3) is 0.0870. The predicted octanol–water partition coefficient (Wildman–Crippen LogP) is 5.09. The fourth-order valence-electron chi connectivity index (χ4n) is 2.44. The Kier molecular flexibility index (Phi) is 6.68. The Morgan fingerprint density at radius 2 is 1.43 bits per heavy atom. The average Bonchev–Trinajstić information content (AvgIpc) is 2.74. The number of para-hydroxylation sites is 1. The maximum absolute atomic E-state index is 12.1. The van der Waals surface area contributed by atoms with Gasteiger partial charge in [-0.25, -0.2) is 0 Å². The van der Waals surface area contributed by atoms with Gasteiger partial charge in [0, 0.05) is 11.4 Å². The average molecular weight is 374 g/mol. The van der Waals surface area contributed by atoms with Crippen molar-refractivity contribution in [2.24, 2.45) is 0 Å². The Hall–Kier alpha value is -3.73. The van der Waals surface area contributed by atoms with Crippen LogP contribution in [0.15, 0.2) is 91.5 Å². The highest BCUT2D eigenvalue weighted by Crippen LogP contribution is 2.22. The van der Waals surface area contributed by atoms with Crippen LogP contribution in [0.4, 0.5) is 11.4 Å². The lowest BCUT2D eigenvalue weighted by Gasteiger charge is -2.10. The van der Waals surface area contributed by atoms with Gasteiger partial charge in [0.2, 0.25) is 5.91 Å². The summed E-state index contributed by atoms with van der Waals surface area (Å²) in [4.78, 5) is 12.1. The molecule has 0 fully saturated rings. The van der Waals surface area contributed by atoms with E-state index < -0.39 is 0 Å². The van der Waals surface area contributed by atoms with Crippen molar-refractivity contribution < 1.29 is 14.3 Å². The summed E-state index contributed by atoms with van der Waals surface area (Å²) in [7, 11) is 0. The quantitative estimate of drug-likeness (QED) is 0.512. The number of hydrogen-bond acceptors (Lipinski definition) is 4. The van der Waals surface area contributed by atoms with Crippen molar-refractivity contribution in [1.82, 2.24) is 0 Å². The Morgan fingerprint density at radius 3 is 2.11 bits per heavy atom. The minimum atomic E-state index is -0.135. The highest BCUT2D eigenvalue weighted by Gasteiger charge is 2.04. The van der Waals surface area contributed by atoms with E-state index in [9.17, 15) is 4.79 Å². The summed E-state index contributed by atoms with van der Waals surface area (Å²) in [5.41, 5.74) is 1.55. The molecule has 0 aliphatic rings. The number of amides is 1. The molecule has 0 saturated heterocycles. The van der Waals surface area contributed by atoms with Gasteiger partial charge in [0.1, 0.15) is 23.9 Å². The van der Waals surface area contributed by atoms with Crippen LogP contribution in [0.3, 0.4) is 0 Å². The number of ether oxygens (including phenoxy) is 2. The highest BCUT2D eigenvalue weighted by atomic mass is 16.5. The maximum Gasteiger partial charge on any atom is 0.243 e. The van der Waals surface area contributed by atoms with Crippen molar-refractivity contribution in [3.8, 4) is 17.2 Å².